The fraction of sp³-hybridized carbons (Fsp3) is 0.200. The number of rotatable bonds is 3. The number of hydrogen-bond acceptors (Lipinski definition) is 3. The molecule has 4 aromatic carbocycles. The van der Waals surface area contributed by atoms with E-state index in [1.54, 1.807) is 0 Å². The summed E-state index contributed by atoms with van der Waals surface area (Å²) in [4.78, 5) is 0. The lowest BCUT2D eigenvalue weighted by atomic mass is 9.76. The van der Waals surface area contributed by atoms with Gasteiger partial charge in [-0.2, -0.15) is 0 Å². The number of furan rings is 1. The molecular weight excluding hydrogens is 419 g/mol. The van der Waals surface area contributed by atoms with Crippen molar-refractivity contribution in [2.45, 2.75) is 38.9 Å². The van der Waals surface area contributed by atoms with Crippen LogP contribution in [0.2, 0.25) is 0 Å². The van der Waals surface area contributed by atoms with Crippen LogP contribution in [0.25, 0.3) is 44.2 Å². The Hall–Kier alpha value is -3.34. The van der Waals surface area contributed by atoms with E-state index in [4.69, 9.17) is 13.7 Å². The Morgan fingerprint density at radius 2 is 1.15 bits per heavy atom. The lowest BCUT2D eigenvalue weighted by Crippen LogP contribution is -2.41. The van der Waals surface area contributed by atoms with E-state index in [0.717, 1.165) is 33.0 Å². The van der Waals surface area contributed by atoms with Gasteiger partial charge < -0.3 is 13.7 Å². The topological polar surface area (TPSA) is 31.6 Å². The lowest BCUT2D eigenvalue weighted by Gasteiger charge is -2.32. The van der Waals surface area contributed by atoms with Gasteiger partial charge in [-0.25, -0.2) is 0 Å². The van der Waals surface area contributed by atoms with Gasteiger partial charge in [0.25, 0.3) is 0 Å². The van der Waals surface area contributed by atoms with Gasteiger partial charge in [0.1, 0.15) is 11.2 Å². The maximum absolute atomic E-state index is 6.38. The molecule has 0 bridgehead atoms. The summed E-state index contributed by atoms with van der Waals surface area (Å²) in [5.74, 6) is 0. The minimum Gasteiger partial charge on any atom is -0.456 e. The molecule has 1 aromatic heterocycles. The van der Waals surface area contributed by atoms with Crippen LogP contribution in [-0.4, -0.2) is 18.3 Å². The van der Waals surface area contributed by atoms with Crippen LogP contribution >= 0.6 is 0 Å². The second-order valence-electron chi connectivity index (χ2n) is 10.1. The van der Waals surface area contributed by atoms with E-state index in [-0.39, 0.29) is 0 Å². The normalized spacial score (nSPS) is 17.0. The predicted octanol–water partition coefficient (Wildman–Crippen LogP) is 7.22. The van der Waals surface area contributed by atoms with Crippen molar-refractivity contribution in [3.8, 4) is 22.3 Å². The fourth-order valence-corrected chi connectivity index (χ4v) is 4.69. The highest BCUT2D eigenvalue weighted by molar-refractivity contribution is 6.66. The van der Waals surface area contributed by atoms with Crippen molar-refractivity contribution in [2.75, 3.05) is 0 Å². The highest BCUT2D eigenvalue weighted by Crippen LogP contribution is 2.38. The number of hydrogen-bond donors (Lipinski definition) is 0. The first kappa shape index (κ1) is 21.2. The monoisotopic (exact) mass is 446 g/mol. The molecule has 1 fully saturated rings. The first-order valence-corrected chi connectivity index (χ1v) is 11.8. The van der Waals surface area contributed by atoms with E-state index in [0.29, 0.717) is 0 Å². The van der Waals surface area contributed by atoms with Gasteiger partial charge in [-0.1, -0.05) is 72.8 Å². The highest BCUT2D eigenvalue weighted by atomic mass is 16.7. The van der Waals surface area contributed by atoms with Gasteiger partial charge in [-0.05, 0) is 73.6 Å². The lowest BCUT2D eigenvalue weighted by molar-refractivity contribution is 0.00578. The third-order valence-corrected chi connectivity index (χ3v) is 7.36. The summed E-state index contributed by atoms with van der Waals surface area (Å²) in [6.45, 7) is 8.32. The molecule has 0 spiro atoms. The van der Waals surface area contributed by atoms with E-state index >= 15 is 0 Å². The maximum atomic E-state index is 6.38. The molecule has 6 rings (SSSR count). The molecule has 34 heavy (non-hydrogen) atoms. The molecule has 1 saturated heterocycles. The Kier molecular flexibility index (Phi) is 4.74. The molecule has 0 radical (unpaired) electrons. The second-order valence-corrected chi connectivity index (χ2v) is 10.1. The summed E-state index contributed by atoms with van der Waals surface area (Å²) in [6.07, 6.45) is 0. The molecule has 1 aliphatic rings. The van der Waals surface area contributed by atoms with Crippen molar-refractivity contribution in [2.24, 2.45) is 0 Å². The zero-order chi connectivity index (χ0) is 23.5. The van der Waals surface area contributed by atoms with Crippen molar-refractivity contribution in [3.63, 3.8) is 0 Å². The zero-order valence-corrected chi connectivity index (χ0v) is 20.0. The zero-order valence-electron chi connectivity index (χ0n) is 20.0. The molecule has 4 heteroatoms. The van der Waals surface area contributed by atoms with Gasteiger partial charge in [0.15, 0.2) is 0 Å². The SMILES string of the molecule is CC1(C)OB(c2cccc3oc4ccc(-c5ccc(-c6ccccc6)cc5)cc4c23)OC1(C)C. The molecule has 5 aromatic rings. The van der Waals surface area contributed by atoms with Crippen LogP contribution in [0.4, 0.5) is 0 Å². The maximum Gasteiger partial charge on any atom is 0.495 e. The van der Waals surface area contributed by atoms with Crippen LogP contribution in [0.1, 0.15) is 27.7 Å². The summed E-state index contributed by atoms with van der Waals surface area (Å²) in [6, 6.07) is 31.7. The third kappa shape index (κ3) is 3.37. The van der Waals surface area contributed by atoms with E-state index in [9.17, 15) is 0 Å². The summed E-state index contributed by atoms with van der Waals surface area (Å²) in [5, 5.41) is 2.13. The summed E-state index contributed by atoms with van der Waals surface area (Å²) in [7, 11) is -0.441. The molecule has 0 amide bonds. The Bertz CT molecular complexity index is 1480. The smallest absolute Gasteiger partial charge is 0.456 e. The van der Waals surface area contributed by atoms with Crippen LogP contribution in [0.15, 0.2) is 95.4 Å². The molecule has 0 saturated carbocycles. The van der Waals surface area contributed by atoms with Gasteiger partial charge in [0.2, 0.25) is 0 Å². The van der Waals surface area contributed by atoms with Crippen LogP contribution in [0.5, 0.6) is 0 Å². The Morgan fingerprint density at radius 3 is 1.82 bits per heavy atom. The largest absolute Gasteiger partial charge is 0.495 e. The quantitative estimate of drug-likeness (QED) is 0.274. The first-order chi connectivity index (χ1) is 16.3. The number of benzene rings is 4. The number of fused-ring (bicyclic) bond motifs is 3. The Labute approximate surface area is 200 Å². The Balaban J connectivity index is 1.44. The summed E-state index contributed by atoms with van der Waals surface area (Å²) < 4.78 is 19.0. The second kappa shape index (κ2) is 7.59. The van der Waals surface area contributed by atoms with Crippen LogP contribution in [0.3, 0.4) is 0 Å². The fourth-order valence-electron chi connectivity index (χ4n) is 4.69. The van der Waals surface area contributed by atoms with Crippen LogP contribution < -0.4 is 5.46 Å². The minimum absolute atomic E-state index is 0.398. The summed E-state index contributed by atoms with van der Waals surface area (Å²) >= 11 is 0. The van der Waals surface area contributed by atoms with Crippen molar-refractivity contribution in [1.29, 1.82) is 0 Å². The van der Waals surface area contributed by atoms with Crippen molar-refractivity contribution in [3.05, 3.63) is 91.0 Å². The van der Waals surface area contributed by atoms with Crippen LogP contribution in [-0.2, 0) is 9.31 Å². The first-order valence-electron chi connectivity index (χ1n) is 11.8. The van der Waals surface area contributed by atoms with Gasteiger partial charge in [-0.15, -0.1) is 0 Å². The van der Waals surface area contributed by atoms with E-state index in [2.05, 4.69) is 100 Å². The van der Waals surface area contributed by atoms with E-state index < -0.39 is 18.3 Å². The molecular formula is C30H27BO3. The van der Waals surface area contributed by atoms with Crippen molar-refractivity contribution < 1.29 is 13.7 Å². The molecule has 168 valence electrons. The third-order valence-electron chi connectivity index (χ3n) is 7.36. The minimum atomic E-state index is -0.441. The van der Waals surface area contributed by atoms with Crippen LogP contribution in [0, 0.1) is 0 Å². The molecule has 0 N–H and O–H groups in total. The summed E-state index contributed by atoms with van der Waals surface area (Å²) in [5.41, 5.74) is 6.67. The molecule has 1 aliphatic heterocycles. The van der Waals surface area contributed by atoms with E-state index in [1.807, 2.05) is 18.2 Å². The Morgan fingerprint density at radius 1 is 0.559 bits per heavy atom. The van der Waals surface area contributed by atoms with Gasteiger partial charge in [-0.3, -0.25) is 0 Å². The molecule has 0 unspecified atom stereocenters. The highest BCUT2D eigenvalue weighted by Gasteiger charge is 2.52. The standard InChI is InChI=1S/C30H27BO3/c1-29(2)30(3,4)34-31(33-29)25-11-8-12-27-28(25)24-19-23(17-18-26(24)32-27)22-15-13-21(14-16-22)20-9-6-5-7-10-20/h5-19H,1-4H3. The van der Waals surface area contributed by atoms with Gasteiger partial charge in [0, 0.05) is 10.8 Å². The van der Waals surface area contributed by atoms with E-state index in [1.165, 1.54) is 16.7 Å². The molecule has 0 aliphatic carbocycles. The predicted molar refractivity (Wildman–Crippen MR) is 140 cm³/mol. The van der Waals surface area contributed by atoms with Gasteiger partial charge in [0.05, 0.1) is 11.2 Å². The van der Waals surface area contributed by atoms with Crippen molar-refractivity contribution in [1.82, 2.24) is 0 Å². The van der Waals surface area contributed by atoms with Crippen molar-refractivity contribution >= 4 is 34.5 Å². The molecule has 3 nitrogen and oxygen atoms in total. The average Bonchev–Trinajstić information content (AvgIpc) is 3.32. The average molecular weight is 446 g/mol. The van der Waals surface area contributed by atoms with Gasteiger partial charge >= 0.3 is 7.12 Å². The molecule has 0 atom stereocenters. The molecule has 2 heterocycles.